The van der Waals surface area contributed by atoms with E-state index in [0.717, 1.165) is 84.1 Å². The van der Waals surface area contributed by atoms with Crippen LogP contribution in [0.4, 0.5) is 0 Å². The van der Waals surface area contributed by atoms with Gasteiger partial charge in [-0.15, -0.1) is 0 Å². The van der Waals surface area contributed by atoms with Crippen LogP contribution in [0.2, 0.25) is 5.02 Å². The molecule has 0 unspecified atom stereocenters. The van der Waals surface area contributed by atoms with E-state index in [2.05, 4.69) is 31.0 Å². The standard InChI is InChI=1S/C31H37ClN2O3/c1-3-5-18-35-27-21-28-31(29(22-27)37-19-6-4-2)34-30(33-28)16-11-23-9-14-26(15-10-23)36-20-17-24-7-12-25(32)13-8-24/h7-10,12-15,21-22H,3-6,11,16-20H2,1-2H3,(H,33,34). The number of halogens is 1. The lowest BCUT2D eigenvalue weighted by Crippen LogP contribution is -2.01. The van der Waals surface area contributed by atoms with E-state index < -0.39 is 0 Å². The molecule has 1 aromatic heterocycles. The number of benzene rings is 3. The molecule has 0 aliphatic rings. The van der Waals surface area contributed by atoms with Crippen LogP contribution in [0, 0.1) is 0 Å². The van der Waals surface area contributed by atoms with Crippen molar-refractivity contribution in [1.29, 1.82) is 0 Å². The van der Waals surface area contributed by atoms with Crippen LogP contribution >= 0.6 is 11.6 Å². The van der Waals surface area contributed by atoms with Crippen LogP contribution in [0.15, 0.2) is 60.7 Å². The molecular formula is C31H37ClN2O3. The van der Waals surface area contributed by atoms with E-state index in [-0.39, 0.29) is 0 Å². The van der Waals surface area contributed by atoms with Crippen LogP contribution in [0.1, 0.15) is 56.5 Å². The maximum Gasteiger partial charge on any atom is 0.150 e. The molecule has 3 aromatic carbocycles. The van der Waals surface area contributed by atoms with Gasteiger partial charge in [0.1, 0.15) is 22.8 Å². The Morgan fingerprint density at radius 3 is 2.08 bits per heavy atom. The third-order valence-corrected chi connectivity index (χ3v) is 6.49. The van der Waals surface area contributed by atoms with Crippen LogP contribution < -0.4 is 14.2 Å². The van der Waals surface area contributed by atoms with E-state index in [1.807, 2.05) is 48.5 Å². The topological polar surface area (TPSA) is 56.4 Å². The Labute approximate surface area is 225 Å². The van der Waals surface area contributed by atoms with Crippen molar-refractivity contribution in [2.24, 2.45) is 0 Å². The molecule has 1 N–H and O–H groups in total. The SMILES string of the molecule is CCCCOc1cc(OCCCC)c2nc(CCc3ccc(OCCc4ccc(Cl)cc4)cc3)[nH]c2c1. The van der Waals surface area contributed by atoms with E-state index >= 15 is 0 Å². The number of ether oxygens (including phenoxy) is 3. The number of aromatic amines is 1. The normalized spacial score (nSPS) is 11.1. The Hall–Kier alpha value is -3.18. The second kappa shape index (κ2) is 13.9. The van der Waals surface area contributed by atoms with Gasteiger partial charge in [-0.1, -0.05) is 62.6 Å². The first-order chi connectivity index (χ1) is 18.1. The number of aromatic nitrogens is 2. The van der Waals surface area contributed by atoms with E-state index in [9.17, 15) is 0 Å². The van der Waals surface area contributed by atoms with Crippen molar-refractivity contribution in [2.45, 2.75) is 58.8 Å². The van der Waals surface area contributed by atoms with Crippen molar-refractivity contribution in [3.63, 3.8) is 0 Å². The van der Waals surface area contributed by atoms with Crippen LogP contribution in [0.3, 0.4) is 0 Å². The summed E-state index contributed by atoms with van der Waals surface area (Å²) < 4.78 is 18.0. The number of nitrogens with zero attached hydrogens (tertiary/aromatic N) is 1. The maximum atomic E-state index is 6.08. The van der Waals surface area contributed by atoms with E-state index in [1.165, 1.54) is 11.1 Å². The summed E-state index contributed by atoms with van der Waals surface area (Å²) in [5.41, 5.74) is 4.29. The van der Waals surface area contributed by atoms with E-state index in [0.29, 0.717) is 19.8 Å². The molecule has 0 spiro atoms. The summed E-state index contributed by atoms with van der Waals surface area (Å²) in [6.45, 7) is 6.35. The Morgan fingerprint density at radius 2 is 1.35 bits per heavy atom. The Bertz CT molecular complexity index is 1240. The number of imidazole rings is 1. The number of hydrogen-bond donors (Lipinski definition) is 1. The number of H-pyrrole nitrogens is 1. The summed E-state index contributed by atoms with van der Waals surface area (Å²) in [7, 11) is 0. The minimum Gasteiger partial charge on any atom is -0.493 e. The molecule has 0 aliphatic heterocycles. The number of rotatable bonds is 15. The molecule has 4 rings (SSSR count). The quantitative estimate of drug-likeness (QED) is 0.161. The molecule has 0 amide bonds. The predicted octanol–water partition coefficient (Wildman–Crippen LogP) is 7.98. The highest BCUT2D eigenvalue weighted by atomic mass is 35.5. The van der Waals surface area contributed by atoms with Crippen molar-refractivity contribution in [3.05, 3.63) is 82.6 Å². The van der Waals surface area contributed by atoms with Gasteiger partial charge in [0.15, 0.2) is 5.75 Å². The largest absolute Gasteiger partial charge is 0.493 e. The highest BCUT2D eigenvalue weighted by Gasteiger charge is 2.12. The highest BCUT2D eigenvalue weighted by molar-refractivity contribution is 6.30. The fourth-order valence-corrected chi connectivity index (χ4v) is 4.16. The maximum absolute atomic E-state index is 6.08. The lowest BCUT2D eigenvalue weighted by molar-refractivity contribution is 0.296. The summed E-state index contributed by atoms with van der Waals surface area (Å²) in [6.07, 6.45) is 6.79. The first kappa shape index (κ1) is 26.9. The van der Waals surface area contributed by atoms with Gasteiger partial charge < -0.3 is 19.2 Å². The summed E-state index contributed by atoms with van der Waals surface area (Å²) in [4.78, 5) is 8.35. The fourth-order valence-electron chi connectivity index (χ4n) is 4.04. The van der Waals surface area contributed by atoms with E-state index in [1.54, 1.807) is 0 Å². The Balaban J connectivity index is 1.34. The molecule has 0 atom stereocenters. The molecule has 196 valence electrons. The van der Waals surface area contributed by atoms with Gasteiger partial charge in [-0.3, -0.25) is 0 Å². The molecule has 5 nitrogen and oxygen atoms in total. The average Bonchev–Trinajstić information content (AvgIpc) is 3.33. The first-order valence-corrected chi connectivity index (χ1v) is 13.8. The van der Waals surface area contributed by atoms with Gasteiger partial charge in [-0.2, -0.15) is 0 Å². The summed E-state index contributed by atoms with van der Waals surface area (Å²) in [5, 5.41) is 0.754. The molecule has 37 heavy (non-hydrogen) atoms. The summed E-state index contributed by atoms with van der Waals surface area (Å²) >= 11 is 5.95. The van der Waals surface area contributed by atoms with Crippen LogP contribution in [-0.2, 0) is 19.3 Å². The van der Waals surface area contributed by atoms with Crippen LogP contribution in [0.25, 0.3) is 11.0 Å². The van der Waals surface area contributed by atoms with Gasteiger partial charge in [-0.25, -0.2) is 4.98 Å². The lowest BCUT2D eigenvalue weighted by atomic mass is 10.1. The second-order valence-electron chi connectivity index (χ2n) is 9.27. The first-order valence-electron chi connectivity index (χ1n) is 13.4. The van der Waals surface area contributed by atoms with Crippen molar-refractivity contribution in [3.8, 4) is 17.2 Å². The zero-order chi connectivity index (χ0) is 25.9. The summed E-state index contributed by atoms with van der Waals surface area (Å²) in [6, 6.07) is 20.2. The molecule has 0 aliphatic carbocycles. The number of aryl methyl sites for hydroxylation is 2. The number of unbranched alkanes of at least 4 members (excludes halogenated alkanes) is 2. The number of nitrogens with one attached hydrogen (secondary N) is 1. The van der Waals surface area contributed by atoms with Crippen molar-refractivity contribution in [2.75, 3.05) is 19.8 Å². The van der Waals surface area contributed by atoms with Crippen molar-refractivity contribution >= 4 is 22.6 Å². The molecule has 0 radical (unpaired) electrons. The Morgan fingerprint density at radius 1 is 0.703 bits per heavy atom. The molecule has 4 aromatic rings. The fraction of sp³-hybridized carbons (Fsp3) is 0.387. The van der Waals surface area contributed by atoms with Gasteiger partial charge in [0.25, 0.3) is 0 Å². The molecular weight excluding hydrogens is 484 g/mol. The average molecular weight is 521 g/mol. The molecule has 0 bridgehead atoms. The highest BCUT2D eigenvalue weighted by Crippen LogP contribution is 2.31. The van der Waals surface area contributed by atoms with Crippen LogP contribution in [0.5, 0.6) is 17.2 Å². The lowest BCUT2D eigenvalue weighted by Gasteiger charge is -2.10. The molecule has 6 heteroatoms. The summed E-state index contributed by atoms with van der Waals surface area (Å²) in [5.74, 6) is 3.45. The molecule has 0 fully saturated rings. The Kier molecular flexibility index (Phi) is 10.1. The third-order valence-electron chi connectivity index (χ3n) is 6.24. The number of hydrogen-bond acceptors (Lipinski definition) is 4. The van der Waals surface area contributed by atoms with Crippen LogP contribution in [-0.4, -0.2) is 29.8 Å². The zero-order valence-corrected chi connectivity index (χ0v) is 22.7. The van der Waals surface area contributed by atoms with Gasteiger partial charge >= 0.3 is 0 Å². The van der Waals surface area contributed by atoms with Crippen molar-refractivity contribution in [1.82, 2.24) is 9.97 Å². The predicted molar refractivity (Wildman–Crippen MR) is 151 cm³/mol. The van der Waals surface area contributed by atoms with Gasteiger partial charge in [0.2, 0.25) is 0 Å². The van der Waals surface area contributed by atoms with Gasteiger partial charge in [0, 0.05) is 30.0 Å². The smallest absolute Gasteiger partial charge is 0.150 e. The zero-order valence-electron chi connectivity index (χ0n) is 21.9. The molecule has 1 heterocycles. The van der Waals surface area contributed by atoms with Gasteiger partial charge in [0.05, 0.1) is 25.3 Å². The molecule has 0 saturated heterocycles. The van der Waals surface area contributed by atoms with Gasteiger partial charge in [-0.05, 0) is 54.7 Å². The van der Waals surface area contributed by atoms with Crippen molar-refractivity contribution < 1.29 is 14.2 Å². The second-order valence-corrected chi connectivity index (χ2v) is 9.71. The number of fused-ring (bicyclic) bond motifs is 1. The van der Waals surface area contributed by atoms with E-state index in [4.69, 9.17) is 30.8 Å². The molecule has 0 saturated carbocycles. The minimum atomic E-state index is 0.632. The third kappa shape index (κ3) is 8.16. The minimum absolute atomic E-state index is 0.632. The monoisotopic (exact) mass is 520 g/mol.